The Morgan fingerprint density at radius 2 is 1.73 bits per heavy atom. The number of hydrogen-bond acceptors (Lipinski definition) is 5. The lowest BCUT2D eigenvalue weighted by Gasteiger charge is -2.39. The molecule has 0 spiro atoms. The van der Waals surface area contributed by atoms with Crippen LogP contribution in [0, 0.1) is 0 Å². The van der Waals surface area contributed by atoms with Crippen LogP contribution in [0.15, 0.2) is 53.5 Å². The number of nitrogens with one attached hydrogen (secondary N) is 1. The fourth-order valence-electron chi connectivity index (χ4n) is 3.65. The lowest BCUT2D eigenvalue weighted by molar-refractivity contribution is 0.197. The molecular weight excluding hydrogens is 378 g/mol. The van der Waals surface area contributed by atoms with E-state index in [-0.39, 0.29) is 0 Å². The van der Waals surface area contributed by atoms with E-state index in [1.54, 1.807) is 14.2 Å². The molecule has 0 aliphatic carbocycles. The smallest absolute Gasteiger partial charge is 0.188 e. The molecule has 7 nitrogen and oxygen atoms in total. The average Bonchev–Trinajstić information content (AvgIpc) is 2.81. The van der Waals surface area contributed by atoms with Gasteiger partial charge in [-0.3, -0.25) is 4.90 Å². The maximum absolute atomic E-state index is 6.08. The number of benzene rings is 2. The fraction of sp³-hybridized carbons (Fsp3) is 0.435. The first-order valence-electron chi connectivity index (χ1n) is 10.4. The molecule has 1 saturated heterocycles. The van der Waals surface area contributed by atoms with Gasteiger partial charge in [-0.15, -0.1) is 0 Å². The molecule has 3 rings (SSSR count). The number of para-hydroxylation sites is 1. The third kappa shape index (κ3) is 5.79. The zero-order valence-corrected chi connectivity index (χ0v) is 18.2. The summed E-state index contributed by atoms with van der Waals surface area (Å²) in [5, 5.41) is 3.26. The summed E-state index contributed by atoms with van der Waals surface area (Å²) >= 11 is 0. The van der Waals surface area contributed by atoms with Crippen molar-refractivity contribution in [3.8, 4) is 11.5 Å². The van der Waals surface area contributed by atoms with Gasteiger partial charge in [-0.1, -0.05) is 24.3 Å². The minimum atomic E-state index is 0.387. The van der Waals surface area contributed by atoms with E-state index in [1.807, 2.05) is 18.2 Å². The standard InChI is InChI=1S/C23H33N5O2/c1-18(27-11-13-28(14-12-27)20-7-5-4-6-8-20)16-25-23(24)26-17-19-9-10-21(29-2)22(15-19)30-3/h4-10,15,18H,11-14,16-17H2,1-3H3,(H3,24,25,26). The van der Waals surface area contributed by atoms with Crippen LogP contribution in [-0.4, -0.2) is 63.8 Å². The second kappa shape index (κ2) is 10.7. The number of nitrogens with two attached hydrogens (primary N) is 1. The van der Waals surface area contributed by atoms with Crippen LogP contribution in [0.3, 0.4) is 0 Å². The molecule has 1 heterocycles. The third-order valence-electron chi connectivity index (χ3n) is 5.52. The summed E-state index contributed by atoms with van der Waals surface area (Å²) in [5.74, 6) is 1.86. The highest BCUT2D eigenvalue weighted by molar-refractivity contribution is 5.77. The van der Waals surface area contributed by atoms with Crippen molar-refractivity contribution < 1.29 is 9.47 Å². The van der Waals surface area contributed by atoms with Crippen molar-refractivity contribution in [2.75, 3.05) is 51.8 Å². The normalized spacial score (nSPS) is 16.2. The first-order chi connectivity index (χ1) is 14.6. The zero-order valence-electron chi connectivity index (χ0n) is 18.2. The van der Waals surface area contributed by atoms with Gasteiger partial charge in [-0.2, -0.15) is 0 Å². The lowest BCUT2D eigenvalue weighted by Crippen LogP contribution is -2.53. The maximum Gasteiger partial charge on any atom is 0.188 e. The summed E-state index contributed by atoms with van der Waals surface area (Å²) in [6.07, 6.45) is 0. The van der Waals surface area contributed by atoms with E-state index in [2.05, 4.69) is 57.4 Å². The van der Waals surface area contributed by atoms with Gasteiger partial charge in [0.2, 0.25) is 0 Å². The molecule has 0 amide bonds. The molecule has 0 bridgehead atoms. The molecule has 1 unspecified atom stereocenters. The number of piperazine rings is 1. The molecular formula is C23H33N5O2. The largest absolute Gasteiger partial charge is 0.493 e. The second-order valence-corrected chi connectivity index (χ2v) is 7.48. The number of nitrogens with zero attached hydrogens (tertiary/aromatic N) is 3. The Morgan fingerprint density at radius 1 is 1.03 bits per heavy atom. The van der Waals surface area contributed by atoms with Gasteiger partial charge >= 0.3 is 0 Å². The summed E-state index contributed by atoms with van der Waals surface area (Å²) in [6, 6.07) is 16.8. The molecule has 2 aromatic carbocycles. The van der Waals surface area contributed by atoms with E-state index in [0.717, 1.165) is 38.3 Å². The number of anilines is 1. The zero-order chi connectivity index (χ0) is 21.3. The quantitative estimate of drug-likeness (QED) is 0.513. The van der Waals surface area contributed by atoms with E-state index in [0.29, 0.717) is 30.0 Å². The van der Waals surface area contributed by atoms with Crippen LogP contribution in [0.1, 0.15) is 12.5 Å². The molecule has 1 atom stereocenters. The SMILES string of the molecule is COc1ccc(CN=C(N)NCC(C)N2CCN(c3ccccc3)CC2)cc1OC. The van der Waals surface area contributed by atoms with Crippen LogP contribution in [0.5, 0.6) is 11.5 Å². The Bertz CT molecular complexity index is 820. The Labute approximate surface area is 179 Å². The average molecular weight is 412 g/mol. The first kappa shape index (κ1) is 21.8. The van der Waals surface area contributed by atoms with Gasteiger partial charge < -0.3 is 25.4 Å². The van der Waals surface area contributed by atoms with E-state index < -0.39 is 0 Å². The van der Waals surface area contributed by atoms with Gasteiger partial charge in [0.1, 0.15) is 0 Å². The van der Waals surface area contributed by atoms with Crippen LogP contribution in [0.4, 0.5) is 5.69 Å². The van der Waals surface area contributed by atoms with Gasteiger partial charge in [-0.05, 0) is 36.8 Å². The summed E-state index contributed by atoms with van der Waals surface area (Å²) in [4.78, 5) is 9.39. The number of rotatable bonds is 8. The number of ether oxygens (including phenoxy) is 2. The predicted octanol–water partition coefficient (Wildman–Crippen LogP) is 2.32. The first-order valence-corrected chi connectivity index (χ1v) is 10.4. The van der Waals surface area contributed by atoms with E-state index in [4.69, 9.17) is 15.2 Å². The Balaban J connectivity index is 1.44. The van der Waals surface area contributed by atoms with Gasteiger partial charge in [0.05, 0.1) is 20.8 Å². The van der Waals surface area contributed by atoms with Gasteiger partial charge in [0, 0.05) is 44.5 Å². The predicted molar refractivity (Wildman–Crippen MR) is 123 cm³/mol. The Hall–Kier alpha value is -2.93. The van der Waals surface area contributed by atoms with Crippen molar-refractivity contribution in [1.82, 2.24) is 10.2 Å². The van der Waals surface area contributed by atoms with Crippen LogP contribution in [0.25, 0.3) is 0 Å². The van der Waals surface area contributed by atoms with Crippen molar-refractivity contribution in [2.45, 2.75) is 19.5 Å². The summed E-state index contributed by atoms with van der Waals surface area (Å²) in [5.41, 5.74) is 8.40. The highest BCUT2D eigenvalue weighted by Crippen LogP contribution is 2.27. The van der Waals surface area contributed by atoms with Gasteiger partial charge in [0.25, 0.3) is 0 Å². The Morgan fingerprint density at radius 3 is 2.40 bits per heavy atom. The van der Waals surface area contributed by atoms with Gasteiger partial charge in [0.15, 0.2) is 17.5 Å². The molecule has 0 aromatic heterocycles. The van der Waals surface area contributed by atoms with Crippen LogP contribution in [0.2, 0.25) is 0 Å². The van der Waals surface area contributed by atoms with Crippen LogP contribution < -0.4 is 25.4 Å². The minimum Gasteiger partial charge on any atom is -0.493 e. The molecule has 2 aromatic rings. The molecule has 0 radical (unpaired) electrons. The number of guanidine groups is 1. The van der Waals surface area contributed by atoms with Crippen molar-refractivity contribution in [3.05, 3.63) is 54.1 Å². The molecule has 7 heteroatoms. The molecule has 1 fully saturated rings. The van der Waals surface area contributed by atoms with E-state index >= 15 is 0 Å². The monoisotopic (exact) mass is 411 g/mol. The maximum atomic E-state index is 6.08. The lowest BCUT2D eigenvalue weighted by atomic mass is 10.2. The molecule has 3 N–H and O–H groups in total. The third-order valence-corrected chi connectivity index (χ3v) is 5.52. The molecule has 1 aliphatic heterocycles. The van der Waals surface area contributed by atoms with Crippen molar-refractivity contribution >= 4 is 11.6 Å². The van der Waals surface area contributed by atoms with Crippen LogP contribution >= 0.6 is 0 Å². The van der Waals surface area contributed by atoms with Crippen molar-refractivity contribution in [2.24, 2.45) is 10.7 Å². The molecule has 1 aliphatic rings. The topological polar surface area (TPSA) is 75.4 Å². The highest BCUT2D eigenvalue weighted by Gasteiger charge is 2.21. The summed E-state index contributed by atoms with van der Waals surface area (Å²) < 4.78 is 10.6. The van der Waals surface area contributed by atoms with Crippen molar-refractivity contribution in [3.63, 3.8) is 0 Å². The van der Waals surface area contributed by atoms with E-state index in [9.17, 15) is 0 Å². The second-order valence-electron chi connectivity index (χ2n) is 7.48. The minimum absolute atomic E-state index is 0.387. The fourth-order valence-corrected chi connectivity index (χ4v) is 3.65. The highest BCUT2D eigenvalue weighted by atomic mass is 16.5. The number of hydrogen-bond donors (Lipinski definition) is 2. The van der Waals surface area contributed by atoms with Crippen LogP contribution in [-0.2, 0) is 6.54 Å². The molecule has 30 heavy (non-hydrogen) atoms. The van der Waals surface area contributed by atoms with Gasteiger partial charge in [-0.25, -0.2) is 4.99 Å². The molecule has 0 saturated carbocycles. The number of aliphatic imine (C=N–C) groups is 1. The summed E-state index contributed by atoms with van der Waals surface area (Å²) in [6.45, 7) is 7.65. The Kier molecular flexibility index (Phi) is 7.79. The number of methoxy groups -OCH3 is 2. The summed E-state index contributed by atoms with van der Waals surface area (Å²) in [7, 11) is 3.25. The van der Waals surface area contributed by atoms with Crippen molar-refractivity contribution in [1.29, 1.82) is 0 Å². The van der Waals surface area contributed by atoms with E-state index in [1.165, 1.54) is 5.69 Å². The molecule has 162 valence electrons.